The van der Waals surface area contributed by atoms with Gasteiger partial charge in [-0.25, -0.2) is 4.98 Å². The molecular formula is C11H11NO2S. The fraction of sp³-hybridized carbons (Fsp3) is 0.364. The molecule has 15 heavy (non-hydrogen) atoms. The number of rotatable bonds is 3. The summed E-state index contributed by atoms with van der Waals surface area (Å²) in [6.07, 6.45) is 4.05. The first-order valence-corrected chi connectivity index (χ1v) is 5.84. The molecule has 0 atom stereocenters. The smallest absolute Gasteiger partial charge is 0.162 e. The highest BCUT2D eigenvalue weighted by Gasteiger charge is 2.29. The molecule has 0 saturated heterocycles. The van der Waals surface area contributed by atoms with E-state index >= 15 is 0 Å². The van der Waals surface area contributed by atoms with E-state index in [2.05, 4.69) is 4.98 Å². The second-order valence-electron chi connectivity index (χ2n) is 3.74. The fourth-order valence-electron chi connectivity index (χ4n) is 1.66. The van der Waals surface area contributed by atoms with Gasteiger partial charge in [-0.05, 0) is 25.0 Å². The second-order valence-corrected chi connectivity index (χ2v) is 4.82. The van der Waals surface area contributed by atoms with Gasteiger partial charge in [-0.2, -0.15) is 0 Å². The highest BCUT2D eigenvalue weighted by atomic mass is 32.1. The minimum Gasteiger partial charge on any atom is -0.462 e. The molecule has 0 aromatic carbocycles. The Hall–Kier alpha value is -1.13. The van der Waals surface area contributed by atoms with Crippen LogP contribution in [0.15, 0.2) is 22.8 Å². The van der Waals surface area contributed by atoms with Crippen molar-refractivity contribution in [2.75, 3.05) is 0 Å². The molecule has 3 rings (SSSR count). The van der Waals surface area contributed by atoms with Gasteiger partial charge < -0.3 is 9.52 Å². The maximum Gasteiger partial charge on any atom is 0.162 e. The summed E-state index contributed by atoms with van der Waals surface area (Å²) in [5.74, 6) is 1.37. The van der Waals surface area contributed by atoms with Crippen LogP contribution >= 0.6 is 11.3 Å². The molecule has 1 fully saturated rings. The Morgan fingerprint density at radius 1 is 1.53 bits per heavy atom. The molecule has 3 nitrogen and oxygen atoms in total. The predicted molar refractivity (Wildman–Crippen MR) is 57.7 cm³/mol. The van der Waals surface area contributed by atoms with Gasteiger partial charge in [0.05, 0.1) is 23.4 Å². The van der Waals surface area contributed by atoms with Crippen LogP contribution in [0.2, 0.25) is 0 Å². The van der Waals surface area contributed by atoms with Gasteiger partial charge in [0, 0.05) is 5.92 Å². The van der Waals surface area contributed by atoms with Crippen LogP contribution in [-0.4, -0.2) is 10.1 Å². The van der Waals surface area contributed by atoms with Crippen LogP contribution in [-0.2, 0) is 6.61 Å². The van der Waals surface area contributed by atoms with Gasteiger partial charge in [-0.15, -0.1) is 11.3 Å². The van der Waals surface area contributed by atoms with Gasteiger partial charge >= 0.3 is 0 Å². The number of thiazole rings is 1. The van der Waals surface area contributed by atoms with E-state index in [9.17, 15) is 5.11 Å². The van der Waals surface area contributed by atoms with Crippen molar-refractivity contribution in [2.24, 2.45) is 0 Å². The summed E-state index contributed by atoms with van der Waals surface area (Å²) in [5, 5.41) is 10.1. The summed E-state index contributed by atoms with van der Waals surface area (Å²) in [4.78, 5) is 5.54. The Labute approximate surface area is 91.4 Å². The first-order valence-electron chi connectivity index (χ1n) is 5.03. The summed E-state index contributed by atoms with van der Waals surface area (Å²) in [6.45, 7) is 0.0875. The standard InChI is InChI=1S/C11H11NO2S/c13-6-9-10(7-3-4-7)12-11(15-9)8-2-1-5-14-8/h1-2,5,7,13H,3-4,6H2. The summed E-state index contributed by atoms with van der Waals surface area (Å²) in [6, 6.07) is 3.75. The number of furan rings is 1. The largest absolute Gasteiger partial charge is 0.462 e. The third-order valence-corrected chi connectivity index (χ3v) is 3.64. The molecular weight excluding hydrogens is 210 g/mol. The van der Waals surface area contributed by atoms with Crippen molar-refractivity contribution in [3.63, 3.8) is 0 Å². The monoisotopic (exact) mass is 221 g/mol. The lowest BCUT2D eigenvalue weighted by Gasteiger charge is -1.92. The van der Waals surface area contributed by atoms with Crippen molar-refractivity contribution in [3.05, 3.63) is 29.0 Å². The average molecular weight is 221 g/mol. The summed E-state index contributed by atoms with van der Waals surface area (Å²) in [5.41, 5.74) is 1.08. The van der Waals surface area contributed by atoms with E-state index in [0.29, 0.717) is 5.92 Å². The zero-order valence-electron chi connectivity index (χ0n) is 8.14. The number of hydrogen-bond donors (Lipinski definition) is 1. The molecule has 1 N–H and O–H groups in total. The summed E-state index contributed by atoms with van der Waals surface area (Å²) < 4.78 is 5.30. The van der Waals surface area contributed by atoms with Crippen LogP contribution in [0, 0.1) is 0 Å². The van der Waals surface area contributed by atoms with E-state index in [1.165, 1.54) is 24.2 Å². The summed E-state index contributed by atoms with van der Waals surface area (Å²) >= 11 is 1.53. The zero-order chi connectivity index (χ0) is 10.3. The van der Waals surface area contributed by atoms with Crippen molar-refractivity contribution in [1.29, 1.82) is 0 Å². The summed E-state index contributed by atoms with van der Waals surface area (Å²) in [7, 11) is 0. The number of hydrogen-bond acceptors (Lipinski definition) is 4. The molecule has 0 bridgehead atoms. The third kappa shape index (κ3) is 1.60. The van der Waals surface area contributed by atoms with Gasteiger partial charge in [-0.1, -0.05) is 0 Å². The Morgan fingerprint density at radius 3 is 3.00 bits per heavy atom. The Kier molecular flexibility index (Phi) is 2.11. The second kappa shape index (κ2) is 3.47. The van der Waals surface area contributed by atoms with Crippen molar-refractivity contribution in [2.45, 2.75) is 25.4 Å². The molecule has 0 aliphatic heterocycles. The fourth-order valence-corrected chi connectivity index (χ4v) is 2.63. The first kappa shape index (κ1) is 9.12. The SMILES string of the molecule is OCc1sc(-c2ccco2)nc1C1CC1. The van der Waals surface area contributed by atoms with E-state index in [1.54, 1.807) is 6.26 Å². The average Bonchev–Trinajstić information content (AvgIpc) is 2.83. The normalized spacial score (nSPS) is 15.8. The maximum atomic E-state index is 9.25. The number of nitrogens with zero attached hydrogens (tertiary/aromatic N) is 1. The van der Waals surface area contributed by atoms with E-state index in [4.69, 9.17) is 4.42 Å². The molecule has 0 amide bonds. The minimum absolute atomic E-state index is 0.0875. The van der Waals surface area contributed by atoms with Crippen LogP contribution < -0.4 is 0 Å². The zero-order valence-corrected chi connectivity index (χ0v) is 8.96. The van der Waals surface area contributed by atoms with Crippen molar-refractivity contribution < 1.29 is 9.52 Å². The predicted octanol–water partition coefficient (Wildman–Crippen LogP) is 2.77. The van der Waals surface area contributed by atoms with Gasteiger partial charge in [0.25, 0.3) is 0 Å². The molecule has 2 aromatic heterocycles. The van der Waals surface area contributed by atoms with Crippen LogP contribution in [0.3, 0.4) is 0 Å². The number of aromatic nitrogens is 1. The van der Waals surface area contributed by atoms with Crippen LogP contribution in [0.25, 0.3) is 10.8 Å². The van der Waals surface area contributed by atoms with Crippen molar-refractivity contribution in [1.82, 2.24) is 4.98 Å². The van der Waals surface area contributed by atoms with E-state index < -0.39 is 0 Å². The third-order valence-electron chi connectivity index (χ3n) is 2.57. The molecule has 0 radical (unpaired) electrons. The van der Waals surface area contributed by atoms with E-state index in [1.807, 2.05) is 12.1 Å². The van der Waals surface area contributed by atoms with Crippen molar-refractivity contribution in [3.8, 4) is 10.8 Å². The first-order chi connectivity index (χ1) is 7.38. The number of aliphatic hydroxyl groups excluding tert-OH is 1. The Balaban J connectivity index is 2.03. The molecule has 78 valence electrons. The highest BCUT2D eigenvalue weighted by Crippen LogP contribution is 2.44. The minimum atomic E-state index is 0.0875. The van der Waals surface area contributed by atoms with Crippen LogP contribution in [0.1, 0.15) is 29.3 Å². The van der Waals surface area contributed by atoms with Gasteiger partial charge in [0.15, 0.2) is 10.8 Å². The molecule has 0 unspecified atom stereocenters. The van der Waals surface area contributed by atoms with Gasteiger partial charge in [0.1, 0.15) is 0 Å². The Morgan fingerprint density at radius 2 is 2.40 bits per heavy atom. The van der Waals surface area contributed by atoms with Crippen LogP contribution in [0.4, 0.5) is 0 Å². The van der Waals surface area contributed by atoms with E-state index in [0.717, 1.165) is 21.3 Å². The number of aliphatic hydroxyl groups is 1. The lowest BCUT2D eigenvalue weighted by Crippen LogP contribution is -1.86. The van der Waals surface area contributed by atoms with E-state index in [-0.39, 0.29) is 6.61 Å². The topological polar surface area (TPSA) is 46.3 Å². The molecule has 1 saturated carbocycles. The van der Waals surface area contributed by atoms with Crippen LogP contribution in [0.5, 0.6) is 0 Å². The maximum absolute atomic E-state index is 9.25. The molecule has 2 aromatic rings. The molecule has 1 aliphatic rings. The van der Waals surface area contributed by atoms with Gasteiger partial charge in [-0.3, -0.25) is 0 Å². The lowest BCUT2D eigenvalue weighted by atomic mass is 10.2. The van der Waals surface area contributed by atoms with Crippen molar-refractivity contribution >= 4 is 11.3 Å². The van der Waals surface area contributed by atoms with Gasteiger partial charge in [0.2, 0.25) is 0 Å². The molecule has 4 heteroatoms. The molecule has 1 aliphatic carbocycles. The quantitative estimate of drug-likeness (QED) is 0.866. The molecule has 0 spiro atoms. The molecule has 2 heterocycles. The lowest BCUT2D eigenvalue weighted by molar-refractivity contribution is 0.284. The highest BCUT2D eigenvalue weighted by molar-refractivity contribution is 7.15. The Bertz CT molecular complexity index is 457.